The van der Waals surface area contributed by atoms with E-state index in [-0.39, 0.29) is 12.1 Å². The number of aliphatic hydroxyl groups is 1. The van der Waals surface area contributed by atoms with E-state index in [0.717, 1.165) is 0 Å². The van der Waals surface area contributed by atoms with Crippen LogP contribution in [0.2, 0.25) is 0 Å². The van der Waals surface area contributed by atoms with Gasteiger partial charge in [-0.2, -0.15) is 26.3 Å². The molecule has 0 aliphatic carbocycles. The summed E-state index contributed by atoms with van der Waals surface area (Å²) in [6.45, 7) is 0. The summed E-state index contributed by atoms with van der Waals surface area (Å²) >= 11 is 0. The summed E-state index contributed by atoms with van der Waals surface area (Å²) in [5, 5.41) is 8.50. The highest BCUT2D eigenvalue weighted by atomic mass is 19.4. The number of aliphatic hydroxyl groups excluding tert-OH is 1. The minimum absolute atomic E-state index is 0.183. The first-order valence-electron chi connectivity index (χ1n) is 4.43. The van der Waals surface area contributed by atoms with E-state index in [1.54, 1.807) is 0 Å². The predicted molar refractivity (Wildman–Crippen MR) is 48.1 cm³/mol. The maximum absolute atomic E-state index is 12.2. The van der Waals surface area contributed by atoms with Gasteiger partial charge >= 0.3 is 12.4 Å². The third-order valence-corrected chi connectivity index (χ3v) is 1.77. The number of carbonyl (C=O) groups is 1. The van der Waals surface area contributed by atoms with Crippen LogP contribution >= 0.6 is 0 Å². The van der Waals surface area contributed by atoms with Crippen LogP contribution in [0.5, 0.6) is 0 Å². The zero-order valence-electron chi connectivity index (χ0n) is 8.75. The molecule has 0 saturated heterocycles. The van der Waals surface area contributed by atoms with Crippen LogP contribution in [-0.4, -0.2) is 27.0 Å². The monoisotopic (exact) mass is 286 g/mol. The number of hydrogen-bond acceptors (Lipinski definition) is 4. The topological polar surface area (TPSA) is 63.1 Å². The van der Waals surface area contributed by atoms with Crippen molar-refractivity contribution in [2.75, 3.05) is 0 Å². The minimum atomic E-state index is -5.17. The number of nitrogens with zero attached hydrogens (tertiary/aromatic N) is 2. The first-order chi connectivity index (χ1) is 8.51. The number of alkyl halides is 6. The molecule has 1 aromatic rings. The van der Waals surface area contributed by atoms with Crippen molar-refractivity contribution in [1.82, 2.24) is 9.97 Å². The highest BCUT2D eigenvalue weighted by Crippen LogP contribution is 2.28. The summed E-state index contributed by atoms with van der Waals surface area (Å²) in [6, 6.07) is 0.183. The van der Waals surface area contributed by atoms with Crippen molar-refractivity contribution < 1.29 is 36.2 Å². The maximum atomic E-state index is 12.2. The van der Waals surface area contributed by atoms with Gasteiger partial charge in [0.25, 0.3) is 0 Å². The van der Waals surface area contributed by atoms with Gasteiger partial charge in [-0.25, -0.2) is 9.97 Å². The number of ketones is 1. The highest BCUT2D eigenvalue weighted by Gasteiger charge is 2.35. The van der Waals surface area contributed by atoms with Crippen molar-refractivity contribution >= 4 is 5.78 Å². The Kier molecular flexibility index (Phi) is 3.82. The SMILES string of the molecule is O=C(/C=C(\O)C(F)(F)F)c1cc(C(F)(F)F)ncn1. The van der Waals surface area contributed by atoms with E-state index in [4.69, 9.17) is 5.11 Å². The Balaban J connectivity index is 3.09. The van der Waals surface area contributed by atoms with Crippen molar-refractivity contribution in [2.24, 2.45) is 0 Å². The van der Waals surface area contributed by atoms with Crippen LogP contribution in [-0.2, 0) is 6.18 Å². The minimum Gasteiger partial charge on any atom is -0.504 e. The number of rotatable bonds is 2. The van der Waals surface area contributed by atoms with Crippen LogP contribution in [0.1, 0.15) is 16.2 Å². The predicted octanol–water partition coefficient (Wildman–Crippen LogP) is 2.68. The first-order valence-corrected chi connectivity index (χ1v) is 4.43. The third kappa shape index (κ3) is 3.93. The number of allylic oxidation sites excluding steroid dienone is 2. The molecule has 0 bridgehead atoms. The number of carbonyl (C=O) groups excluding carboxylic acids is 1. The Bertz CT molecular complexity index is 520. The van der Waals surface area contributed by atoms with Crippen molar-refractivity contribution in [3.63, 3.8) is 0 Å². The number of halogens is 6. The van der Waals surface area contributed by atoms with Crippen LogP contribution < -0.4 is 0 Å². The Morgan fingerprint density at radius 2 is 1.74 bits per heavy atom. The third-order valence-electron chi connectivity index (χ3n) is 1.77. The summed E-state index contributed by atoms with van der Waals surface area (Å²) in [5.74, 6) is -3.76. The fraction of sp³-hybridized carbons (Fsp3) is 0.222. The van der Waals surface area contributed by atoms with Gasteiger partial charge in [-0.1, -0.05) is 0 Å². The molecule has 0 spiro atoms. The number of aromatic nitrogens is 2. The lowest BCUT2D eigenvalue weighted by molar-refractivity contribution is -0.141. The van der Waals surface area contributed by atoms with E-state index in [1.807, 2.05) is 0 Å². The lowest BCUT2D eigenvalue weighted by atomic mass is 10.2. The smallest absolute Gasteiger partial charge is 0.448 e. The molecule has 1 aromatic heterocycles. The van der Waals surface area contributed by atoms with Gasteiger partial charge in [0.1, 0.15) is 17.7 Å². The normalized spacial score (nSPS) is 13.5. The fourth-order valence-electron chi connectivity index (χ4n) is 0.927. The maximum Gasteiger partial charge on any atom is 0.448 e. The Hall–Kier alpha value is -2.13. The summed E-state index contributed by atoms with van der Waals surface area (Å²) in [6.07, 6.45) is -9.92. The standard InChI is InChI=1S/C9H4F6N2O2/c10-8(11,12)6-1-4(16-3-17-6)5(18)2-7(19)9(13,14)15/h1-3,19H/b7-2-. The molecule has 4 nitrogen and oxygen atoms in total. The Morgan fingerprint density at radius 3 is 2.21 bits per heavy atom. The second kappa shape index (κ2) is 4.86. The summed E-state index contributed by atoms with van der Waals surface area (Å²) in [4.78, 5) is 17.1. The van der Waals surface area contributed by atoms with E-state index in [0.29, 0.717) is 6.33 Å². The molecule has 0 aromatic carbocycles. The molecule has 1 heterocycles. The van der Waals surface area contributed by atoms with Crippen molar-refractivity contribution in [3.05, 3.63) is 35.6 Å². The molecule has 1 N–H and O–H groups in total. The quantitative estimate of drug-likeness (QED) is 0.393. The van der Waals surface area contributed by atoms with Gasteiger partial charge in [-0.3, -0.25) is 4.79 Å². The lowest BCUT2D eigenvalue weighted by Crippen LogP contribution is -2.14. The molecule has 0 aliphatic heterocycles. The fourth-order valence-corrected chi connectivity index (χ4v) is 0.927. The second-order valence-electron chi connectivity index (χ2n) is 3.18. The average molecular weight is 286 g/mol. The van der Waals surface area contributed by atoms with Gasteiger partial charge in [-0.15, -0.1) is 0 Å². The van der Waals surface area contributed by atoms with Crippen LogP contribution in [0.4, 0.5) is 26.3 Å². The molecule has 0 fully saturated rings. The van der Waals surface area contributed by atoms with Crippen molar-refractivity contribution in [2.45, 2.75) is 12.4 Å². The molecule has 0 radical (unpaired) electrons. The van der Waals surface area contributed by atoms with Crippen LogP contribution in [0.25, 0.3) is 0 Å². The number of hydrogen-bond donors (Lipinski definition) is 1. The van der Waals surface area contributed by atoms with E-state index in [9.17, 15) is 31.1 Å². The van der Waals surface area contributed by atoms with Gasteiger partial charge in [0.05, 0.1) is 0 Å². The van der Waals surface area contributed by atoms with E-state index in [1.165, 1.54) is 0 Å². The Morgan fingerprint density at radius 1 is 1.16 bits per heavy atom. The summed E-state index contributed by atoms with van der Waals surface area (Å²) in [7, 11) is 0. The molecule has 1 rings (SSSR count). The molecular formula is C9H4F6N2O2. The molecule has 0 unspecified atom stereocenters. The first kappa shape index (κ1) is 14.9. The molecule has 19 heavy (non-hydrogen) atoms. The van der Waals surface area contributed by atoms with Crippen molar-refractivity contribution in [1.29, 1.82) is 0 Å². The van der Waals surface area contributed by atoms with Crippen LogP contribution in [0, 0.1) is 0 Å². The van der Waals surface area contributed by atoms with Gasteiger partial charge in [0.2, 0.25) is 11.5 Å². The lowest BCUT2D eigenvalue weighted by Gasteiger charge is -2.06. The van der Waals surface area contributed by atoms with E-state index in [2.05, 4.69) is 9.97 Å². The van der Waals surface area contributed by atoms with Gasteiger partial charge < -0.3 is 5.11 Å². The Labute approximate surface area is 101 Å². The average Bonchev–Trinajstić information content (AvgIpc) is 2.26. The van der Waals surface area contributed by atoms with Crippen LogP contribution in [0.3, 0.4) is 0 Å². The zero-order chi connectivity index (χ0) is 14.8. The van der Waals surface area contributed by atoms with E-state index >= 15 is 0 Å². The highest BCUT2D eigenvalue weighted by molar-refractivity contribution is 6.03. The van der Waals surface area contributed by atoms with Crippen molar-refractivity contribution in [3.8, 4) is 0 Å². The molecule has 0 atom stereocenters. The van der Waals surface area contributed by atoms with E-state index < -0.39 is 35.3 Å². The molecular weight excluding hydrogens is 282 g/mol. The largest absolute Gasteiger partial charge is 0.504 e. The van der Waals surface area contributed by atoms with Gasteiger partial charge in [0, 0.05) is 6.08 Å². The second-order valence-corrected chi connectivity index (χ2v) is 3.18. The van der Waals surface area contributed by atoms with Gasteiger partial charge in [-0.05, 0) is 6.07 Å². The summed E-state index contributed by atoms with van der Waals surface area (Å²) < 4.78 is 72.4. The molecule has 0 amide bonds. The molecule has 0 saturated carbocycles. The molecule has 104 valence electrons. The van der Waals surface area contributed by atoms with Crippen LogP contribution in [0.15, 0.2) is 24.2 Å². The van der Waals surface area contributed by atoms with Gasteiger partial charge in [0.15, 0.2) is 0 Å². The summed E-state index contributed by atoms with van der Waals surface area (Å²) in [5.41, 5.74) is -2.40. The zero-order valence-corrected chi connectivity index (χ0v) is 8.75. The molecule has 10 heteroatoms. The molecule has 0 aliphatic rings.